The number of aryl methyl sites for hydroxylation is 2. The predicted molar refractivity (Wildman–Crippen MR) is 225 cm³/mol. The first-order valence-corrected chi connectivity index (χ1v) is 21.6. The minimum Gasteiger partial charge on any atom is -0.308 e. The number of hydrazone groups is 2. The normalized spacial score (nSPS) is 15.3. The summed E-state index contributed by atoms with van der Waals surface area (Å²) in [6, 6.07) is 20.7. The second kappa shape index (κ2) is 16.9. The number of nitrogens with one attached hydrogen (secondary N) is 4. The molecule has 0 bridgehead atoms. The molecule has 0 spiro atoms. The maximum atomic E-state index is 13.5. The summed E-state index contributed by atoms with van der Waals surface area (Å²) in [5.41, 5.74) is 6.78. The summed E-state index contributed by atoms with van der Waals surface area (Å²) in [6.45, 7) is 3.67. The Kier molecular flexibility index (Phi) is 12.4. The molecule has 0 aromatic heterocycles. The molecule has 306 valence electrons. The largest absolute Gasteiger partial charge is 1.00 e. The molecule has 5 aromatic carbocycles. The number of allylic oxidation sites excluding steroid dienone is 2. The number of hydrogen-bond donors (Lipinski definition) is 7. The number of benzene rings is 5. The van der Waals surface area contributed by atoms with E-state index >= 15 is 0 Å². The van der Waals surface area contributed by atoms with Gasteiger partial charge in [0.15, 0.2) is 11.4 Å². The Morgan fingerprint density at radius 1 is 0.557 bits per heavy atom. The fourth-order valence-electron chi connectivity index (χ4n) is 6.36. The van der Waals surface area contributed by atoms with Crippen molar-refractivity contribution in [2.45, 2.75) is 18.7 Å². The van der Waals surface area contributed by atoms with E-state index in [0.717, 1.165) is 23.3 Å². The van der Waals surface area contributed by atoms with Crippen LogP contribution in [0.3, 0.4) is 0 Å². The summed E-state index contributed by atoms with van der Waals surface area (Å²) in [5.74, 6) is -1.71. The molecule has 0 saturated carbocycles. The SMILES string of the molecule is Cc1ccc(N/N=C2\C(=O)c3ccc(NC(=O)Nc4ccc5c(c4)C=C(S(=O)(=O)O)/C(=N\Nc4ccc6cc(S(=O)(=O)O)ccc6c4)C5=O)cc3C=C2S(=O)(=O)O)c(C)c1.[Na+]. The van der Waals surface area contributed by atoms with Crippen LogP contribution < -0.4 is 51.0 Å². The first-order chi connectivity index (χ1) is 28.2. The van der Waals surface area contributed by atoms with Crippen molar-refractivity contribution in [3.8, 4) is 0 Å². The number of hydrogen-bond acceptors (Lipinski definition) is 13. The van der Waals surface area contributed by atoms with Gasteiger partial charge >= 0.3 is 35.6 Å². The molecule has 7 rings (SSSR count). The molecule has 2 aliphatic carbocycles. The van der Waals surface area contributed by atoms with E-state index in [0.29, 0.717) is 16.5 Å². The van der Waals surface area contributed by atoms with Crippen LogP contribution in [0.15, 0.2) is 116 Å². The van der Waals surface area contributed by atoms with Crippen LogP contribution in [0.25, 0.3) is 22.9 Å². The van der Waals surface area contributed by atoms with Gasteiger partial charge in [-0.25, -0.2) is 4.79 Å². The van der Waals surface area contributed by atoms with Gasteiger partial charge in [0.25, 0.3) is 30.4 Å². The van der Waals surface area contributed by atoms with Gasteiger partial charge in [-0.05, 0) is 120 Å². The zero-order chi connectivity index (χ0) is 43.3. The van der Waals surface area contributed by atoms with Gasteiger partial charge in [0.05, 0.1) is 16.3 Å². The van der Waals surface area contributed by atoms with Crippen molar-refractivity contribution in [1.82, 2.24) is 0 Å². The fraction of sp³-hybridized carbons (Fsp3) is 0.0513. The number of Topliss-reactive ketones (excluding diaryl/α,β-unsaturated/α-hetero) is 2. The molecule has 2 aliphatic rings. The maximum absolute atomic E-state index is 13.5. The van der Waals surface area contributed by atoms with E-state index in [1.807, 2.05) is 13.0 Å². The van der Waals surface area contributed by atoms with Crippen LogP contribution in [0.1, 0.15) is 43.0 Å². The minimum atomic E-state index is -5.04. The summed E-state index contributed by atoms with van der Waals surface area (Å²) in [5, 5.41) is 14.0. The number of amides is 2. The van der Waals surface area contributed by atoms with Crippen LogP contribution in [0.4, 0.5) is 27.5 Å². The first kappa shape index (κ1) is 44.7. The van der Waals surface area contributed by atoms with Crippen LogP contribution in [0.5, 0.6) is 0 Å². The van der Waals surface area contributed by atoms with E-state index in [2.05, 4.69) is 31.7 Å². The molecule has 0 fully saturated rings. The molecule has 2 amide bonds. The van der Waals surface area contributed by atoms with Crippen molar-refractivity contribution < 1.29 is 82.9 Å². The van der Waals surface area contributed by atoms with Crippen molar-refractivity contribution in [2.75, 3.05) is 21.5 Å². The van der Waals surface area contributed by atoms with E-state index in [9.17, 15) is 53.3 Å². The van der Waals surface area contributed by atoms with Gasteiger partial charge in [0.1, 0.15) is 9.81 Å². The summed E-state index contributed by atoms with van der Waals surface area (Å²) < 4.78 is 102. The first-order valence-electron chi connectivity index (χ1n) is 17.3. The average molecular weight is 894 g/mol. The number of ketones is 2. The predicted octanol–water partition coefficient (Wildman–Crippen LogP) is 3.14. The quantitative estimate of drug-likeness (QED) is 0.0636. The van der Waals surface area contributed by atoms with E-state index in [-0.39, 0.29) is 73.8 Å². The van der Waals surface area contributed by atoms with E-state index in [1.54, 1.807) is 19.1 Å². The monoisotopic (exact) mass is 893 g/mol. The Labute approximate surface area is 370 Å². The second-order valence-electron chi connectivity index (χ2n) is 13.5. The third-order valence-corrected chi connectivity index (χ3v) is 11.8. The van der Waals surface area contributed by atoms with Crippen LogP contribution in [-0.2, 0) is 30.4 Å². The molecule has 22 heteroatoms. The van der Waals surface area contributed by atoms with Crippen molar-refractivity contribution in [3.05, 3.63) is 134 Å². The minimum absolute atomic E-state index is 0. The summed E-state index contributed by atoms with van der Waals surface area (Å²) in [7, 11) is -14.4. The number of carbonyl (C=O) groups excluding carboxylic acids is 3. The van der Waals surface area contributed by atoms with E-state index < -0.39 is 69.2 Å². The fourth-order valence-corrected chi connectivity index (χ4v) is 8.19. The van der Waals surface area contributed by atoms with Crippen molar-refractivity contribution in [3.63, 3.8) is 0 Å². The van der Waals surface area contributed by atoms with Gasteiger partial charge in [-0.15, -0.1) is 0 Å². The summed E-state index contributed by atoms with van der Waals surface area (Å²) >= 11 is 0. The molecule has 5 aromatic rings. The smallest absolute Gasteiger partial charge is 0.308 e. The third kappa shape index (κ3) is 9.70. The zero-order valence-corrected chi connectivity index (χ0v) is 36.4. The van der Waals surface area contributed by atoms with E-state index in [1.165, 1.54) is 72.8 Å². The van der Waals surface area contributed by atoms with Crippen molar-refractivity contribution >= 4 is 105 Å². The number of rotatable bonds is 9. The Bertz CT molecular complexity index is 3220. The number of carbonyl (C=O) groups is 3. The average Bonchev–Trinajstić information content (AvgIpc) is 3.16. The Hall–Kier alpha value is -5.88. The molecule has 18 nitrogen and oxygen atoms in total. The molecule has 0 atom stereocenters. The van der Waals surface area contributed by atoms with Crippen LogP contribution >= 0.6 is 0 Å². The zero-order valence-electron chi connectivity index (χ0n) is 32.0. The third-order valence-electron chi connectivity index (χ3n) is 9.21. The number of urea groups is 1. The maximum Gasteiger partial charge on any atom is 1.00 e. The van der Waals surface area contributed by atoms with Crippen LogP contribution in [0.2, 0.25) is 0 Å². The van der Waals surface area contributed by atoms with Gasteiger partial charge < -0.3 is 10.6 Å². The van der Waals surface area contributed by atoms with Gasteiger partial charge in [-0.1, -0.05) is 29.8 Å². The molecule has 7 N–H and O–H groups in total. The topological polar surface area (TPSA) is 287 Å². The Morgan fingerprint density at radius 2 is 1.05 bits per heavy atom. The molecule has 0 aliphatic heterocycles. The molecule has 0 unspecified atom stereocenters. The number of fused-ring (bicyclic) bond motifs is 3. The Balaban J connectivity index is 0.00000622. The Morgan fingerprint density at radius 3 is 1.56 bits per heavy atom. The van der Waals surface area contributed by atoms with Crippen LogP contribution in [0, 0.1) is 13.8 Å². The van der Waals surface area contributed by atoms with Crippen molar-refractivity contribution in [2.24, 2.45) is 10.2 Å². The number of nitrogens with zero attached hydrogens (tertiary/aromatic N) is 2. The summed E-state index contributed by atoms with van der Waals surface area (Å²) in [4.78, 5) is 38.1. The molecular formula is C39H30N6NaO12S3+. The summed E-state index contributed by atoms with van der Waals surface area (Å²) in [6.07, 6.45) is 2.03. The molecule has 61 heavy (non-hydrogen) atoms. The molecule has 0 heterocycles. The van der Waals surface area contributed by atoms with Gasteiger partial charge in [-0.3, -0.25) is 34.1 Å². The van der Waals surface area contributed by atoms with E-state index in [4.69, 9.17) is 0 Å². The standard InChI is InChI=1S/C39H30N6O12S3.Na/c1-20-3-12-32(21(2)13-20)43-45-36-34(60(55,56)57)19-25-16-27(8-11-31(25)38(36)47)41-39(48)40-26-7-10-30-24(15-26)18-33(59(52,53)54)35(37(30)46)44-42-28-6-4-23-17-29(58(49,50)51)9-5-22(23)14-28;/h3-19,42-43H,1-2H3,(H2,40,41,48)(H,49,50,51)(H,52,53,54)(H,55,56,57);/q;+1/b44-35+,45-36-;. The molecule has 0 saturated heterocycles. The molecular weight excluding hydrogens is 864 g/mol. The van der Waals surface area contributed by atoms with Gasteiger partial charge in [0, 0.05) is 22.5 Å². The van der Waals surface area contributed by atoms with Gasteiger partial charge in [0.2, 0.25) is 11.6 Å². The van der Waals surface area contributed by atoms with Gasteiger partial charge in [-0.2, -0.15) is 35.5 Å². The molecule has 0 radical (unpaired) electrons. The van der Waals surface area contributed by atoms with Crippen LogP contribution in [-0.4, -0.2) is 67.9 Å². The number of anilines is 4. The second-order valence-corrected chi connectivity index (χ2v) is 17.7. The van der Waals surface area contributed by atoms with Crippen molar-refractivity contribution in [1.29, 1.82) is 0 Å².